The Labute approximate surface area is 172 Å². The first kappa shape index (κ1) is 26.2. The van der Waals surface area contributed by atoms with Gasteiger partial charge in [0.05, 0.1) is 12.2 Å². The maximum atomic E-state index is 12.0. The minimum absolute atomic E-state index is 0.156. The van der Waals surface area contributed by atoms with E-state index in [4.69, 9.17) is 19.4 Å². The van der Waals surface area contributed by atoms with Crippen LogP contribution in [0.1, 0.15) is 18.6 Å². The highest BCUT2D eigenvalue weighted by molar-refractivity contribution is 7.66. The fourth-order valence-electron chi connectivity index (χ4n) is 2.58. The van der Waals surface area contributed by atoms with Crippen molar-refractivity contribution < 1.29 is 61.4 Å². The lowest BCUT2D eigenvalue weighted by Crippen LogP contribution is -2.36. The molecule has 0 amide bonds. The van der Waals surface area contributed by atoms with Gasteiger partial charge in [0.2, 0.25) is 0 Å². The molecule has 7 N–H and O–H groups in total. The molecule has 0 bridgehead atoms. The first-order valence-corrected chi connectivity index (χ1v) is 12.7. The van der Waals surface area contributed by atoms with Crippen molar-refractivity contribution in [2.45, 2.75) is 37.9 Å². The van der Waals surface area contributed by atoms with Crippen LogP contribution in [-0.2, 0) is 38.1 Å². The lowest BCUT2D eigenvalue weighted by atomic mass is 10.0. The van der Waals surface area contributed by atoms with E-state index in [-0.39, 0.29) is 12.1 Å². The standard InChI is InChI=1S/C11H19N2O15P3/c1-2-13-3-5(10(16)12-11(13)17)9-8(15)7(14)6(26-9)4-25-30(21,22)28-31(23,24)27-29(18,19)20/h3,6-9,14-15H,2,4H2,1H3,(H,21,22)(H,23,24)(H,12,16,17)(H2,18,19,20)/t6-,7?,8?,9+/m1/s1. The van der Waals surface area contributed by atoms with Gasteiger partial charge in [0.15, 0.2) is 0 Å². The number of hydrogen-bond acceptors (Lipinski definition) is 11. The van der Waals surface area contributed by atoms with Crippen LogP contribution in [0.3, 0.4) is 0 Å². The van der Waals surface area contributed by atoms with Crippen LogP contribution in [0.25, 0.3) is 0 Å². The number of hydrogen-bond donors (Lipinski definition) is 7. The van der Waals surface area contributed by atoms with Gasteiger partial charge >= 0.3 is 29.2 Å². The maximum Gasteiger partial charge on any atom is 0.490 e. The second kappa shape index (κ2) is 9.45. The molecule has 1 fully saturated rings. The minimum Gasteiger partial charge on any atom is -0.387 e. The van der Waals surface area contributed by atoms with Crippen LogP contribution in [0.2, 0.25) is 0 Å². The van der Waals surface area contributed by atoms with Crippen molar-refractivity contribution in [3.05, 3.63) is 32.6 Å². The van der Waals surface area contributed by atoms with Crippen molar-refractivity contribution in [1.82, 2.24) is 9.55 Å². The van der Waals surface area contributed by atoms with Crippen molar-refractivity contribution in [1.29, 1.82) is 0 Å². The second-order valence-corrected chi connectivity index (χ2v) is 10.5. The Morgan fingerprint density at radius 1 is 1.06 bits per heavy atom. The smallest absolute Gasteiger partial charge is 0.387 e. The van der Waals surface area contributed by atoms with E-state index in [9.17, 15) is 38.4 Å². The summed E-state index contributed by atoms with van der Waals surface area (Å²) in [6.07, 6.45) is -5.47. The van der Waals surface area contributed by atoms with Crippen LogP contribution >= 0.6 is 23.5 Å². The fraction of sp³-hybridized carbons (Fsp3) is 0.636. The van der Waals surface area contributed by atoms with Crippen LogP contribution in [-0.4, -0.2) is 64.3 Å². The summed E-state index contributed by atoms with van der Waals surface area (Å²) in [5, 5.41) is 20.2. The summed E-state index contributed by atoms with van der Waals surface area (Å²) in [7, 11) is -16.8. The quantitative estimate of drug-likeness (QED) is 0.177. The van der Waals surface area contributed by atoms with E-state index in [0.29, 0.717) is 0 Å². The summed E-state index contributed by atoms with van der Waals surface area (Å²) in [6, 6.07) is 0. The van der Waals surface area contributed by atoms with Gasteiger partial charge in [0.1, 0.15) is 24.4 Å². The highest BCUT2D eigenvalue weighted by atomic mass is 31.3. The van der Waals surface area contributed by atoms with Crippen molar-refractivity contribution in [2.24, 2.45) is 0 Å². The Hall–Kier alpha value is -1.03. The molecule has 1 saturated heterocycles. The Morgan fingerprint density at radius 2 is 1.68 bits per heavy atom. The topological polar surface area (TPSA) is 264 Å². The number of ether oxygens (including phenoxy) is 1. The number of aromatic amines is 1. The molecule has 178 valence electrons. The van der Waals surface area contributed by atoms with Crippen LogP contribution in [0.5, 0.6) is 0 Å². The largest absolute Gasteiger partial charge is 0.490 e. The van der Waals surface area contributed by atoms with Crippen molar-refractivity contribution >= 4 is 23.5 Å². The molecule has 0 aliphatic carbocycles. The minimum atomic E-state index is -5.74. The average Bonchev–Trinajstić information content (AvgIpc) is 2.85. The van der Waals surface area contributed by atoms with Gasteiger partial charge in [-0.1, -0.05) is 0 Å². The molecular weight excluding hydrogens is 493 g/mol. The number of phosphoric acid groups is 3. The molecule has 20 heteroatoms. The Kier molecular flexibility index (Phi) is 7.99. The molecule has 0 radical (unpaired) electrons. The van der Waals surface area contributed by atoms with Crippen LogP contribution in [0, 0.1) is 0 Å². The second-order valence-electron chi connectivity index (χ2n) is 6.09. The third kappa shape index (κ3) is 6.97. The lowest BCUT2D eigenvalue weighted by molar-refractivity contribution is -0.0228. The molecule has 1 aromatic heterocycles. The van der Waals surface area contributed by atoms with E-state index in [1.54, 1.807) is 6.92 Å². The molecule has 0 spiro atoms. The van der Waals surface area contributed by atoms with E-state index >= 15 is 0 Å². The Bertz CT molecular complexity index is 1060. The highest BCUT2D eigenvalue weighted by Gasteiger charge is 2.47. The number of aromatic nitrogens is 2. The molecule has 0 aromatic carbocycles. The number of rotatable bonds is 9. The van der Waals surface area contributed by atoms with Gasteiger partial charge in [0, 0.05) is 12.7 Å². The molecule has 1 aliphatic rings. The molecule has 2 heterocycles. The summed E-state index contributed by atoms with van der Waals surface area (Å²) in [5.41, 5.74) is -1.89. The molecule has 17 nitrogen and oxygen atoms in total. The molecule has 0 saturated carbocycles. The predicted molar refractivity (Wildman–Crippen MR) is 96.4 cm³/mol. The molecule has 1 aromatic rings. The van der Waals surface area contributed by atoms with Gasteiger partial charge in [-0.2, -0.15) is 8.62 Å². The number of aliphatic hydroxyl groups is 2. The average molecular weight is 512 g/mol. The zero-order valence-electron chi connectivity index (χ0n) is 15.4. The number of aliphatic hydroxyl groups excluding tert-OH is 2. The zero-order chi connectivity index (χ0) is 23.8. The third-order valence-electron chi connectivity index (χ3n) is 3.87. The molecule has 31 heavy (non-hydrogen) atoms. The number of nitrogens with one attached hydrogen (secondary N) is 1. The summed E-state index contributed by atoms with van der Waals surface area (Å²) < 4.78 is 51.4. The zero-order valence-corrected chi connectivity index (χ0v) is 18.1. The molecule has 2 rings (SSSR count). The highest BCUT2D eigenvalue weighted by Crippen LogP contribution is 2.66. The van der Waals surface area contributed by atoms with Crippen molar-refractivity contribution in [3.63, 3.8) is 0 Å². The molecular formula is C11H19N2O15P3. The SMILES string of the molecule is CCn1cc([C@@H]2O[C@H](COP(=O)(O)OP(=O)(O)OP(=O)(O)O)C(O)C2O)c(=O)[nH]c1=O. The first-order valence-electron chi connectivity index (χ1n) is 8.19. The number of H-pyrrole nitrogens is 1. The number of phosphoric ester groups is 1. The van der Waals surface area contributed by atoms with E-state index < -0.39 is 65.7 Å². The summed E-state index contributed by atoms with van der Waals surface area (Å²) >= 11 is 0. The van der Waals surface area contributed by atoms with E-state index in [1.165, 1.54) is 0 Å². The lowest BCUT2D eigenvalue weighted by Gasteiger charge is -2.19. The van der Waals surface area contributed by atoms with Crippen LogP contribution in [0.15, 0.2) is 15.8 Å². The molecule has 6 atom stereocenters. The fourth-order valence-corrected chi connectivity index (χ4v) is 5.61. The number of nitrogens with zero attached hydrogens (tertiary/aromatic N) is 1. The van der Waals surface area contributed by atoms with Crippen LogP contribution in [0.4, 0.5) is 0 Å². The third-order valence-corrected chi connectivity index (χ3v) is 7.67. The van der Waals surface area contributed by atoms with E-state index in [1.807, 2.05) is 4.98 Å². The normalized spacial score (nSPS) is 28.2. The molecule has 1 aliphatic heterocycles. The van der Waals surface area contributed by atoms with Gasteiger partial charge in [-0.25, -0.2) is 18.5 Å². The summed E-state index contributed by atoms with van der Waals surface area (Å²) in [4.78, 5) is 61.1. The van der Waals surface area contributed by atoms with E-state index in [0.717, 1.165) is 10.8 Å². The predicted octanol–water partition coefficient (Wildman–Crippen LogP) is -1.94. The monoisotopic (exact) mass is 512 g/mol. The van der Waals surface area contributed by atoms with Gasteiger partial charge in [-0.3, -0.25) is 14.3 Å². The summed E-state index contributed by atoms with van der Waals surface area (Å²) in [5.74, 6) is 0. The van der Waals surface area contributed by atoms with Gasteiger partial charge in [-0.15, -0.1) is 0 Å². The number of aryl methyl sites for hydroxylation is 1. The Morgan fingerprint density at radius 3 is 2.23 bits per heavy atom. The van der Waals surface area contributed by atoms with Gasteiger partial charge in [0.25, 0.3) is 5.56 Å². The van der Waals surface area contributed by atoms with Crippen molar-refractivity contribution in [3.8, 4) is 0 Å². The van der Waals surface area contributed by atoms with Gasteiger partial charge in [-0.05, 0) is 6.92 Å². The van der Waals surface area contributed by atoms with Crippen molar-refractivity contribution in [2.75, 3.05) is 6.61 Å². The molecule has 4 unspecified atom stereocenters. The van der Waals surface area contributed by atoms with Gasteiger partial charge < -0.3 is 39.1 Å². The van der Waals surface area contributed by atoms with Crippen LogP contribution < -0.4 is 11.2 Å². The Balaban J connectivity index is 2.12. The maximum absolute atomic E-state index is 12.0. The first-order chi connectivity index (χ1) is 14.1. The summed E-state index contributed by atoms with van der Waals surface area (Å²) in [6.45, 7) is 0.711. The van der Waals surface area contributed by atoms with E-state index in [2.05, 4.69) is 13.1 Å².